The van der Waals surface area contributed by atoms with E-state index in [0.29, 0.717) is 17.8 Å². The molecular weight excluding hydrogens is 452 g/mol. The molecule has 1 atom stereocenters. The van der Waals surface area contributed by atoms with Crippen molar-refractivity contribution in [3.8, 4) is 11.1 Å². The van der Waals surface area contributed by atoms with E-state index in [-0.39, 0.29) is 11.7 Å². The fourth-order valence-electron chi connectivity index (χ4n) is 3.69. The Kier molecular flexibility index (Phi) is 6.99. The summed E-state index contributed by atoms with van der Waals surface area (Å²) in [6.45, 7) is 0. The number of hydrogen-bond acceptors (Lipinski definition) is 4. The van der Waals surface area contributed by atoms with Crippen LogP contribution in [0, 0.1) is 0 Å². The lowest BCUT2D eigenvalue weighted by atomic mass is 9.91. The summed E-state index contributed by atoms with van der Waals surface area (Å²) in [5, 5.41) is 14.5. The summed E-state index contributed by atoms with van der Waals surface area (Å²) in [6, 6.07) is 26.3. The van der Waals surface area contributed by atoms with Gasteiger partial charge in [-0.05, 0) is 48.1 Å². The van der Waals surface area contributed by atoms with Crippen molar-refractivity contribution in [2.45, 2.75) is 31.6 Å². The van der Waals surface area contributed by atoms with Crippen molar-refractivity contribution >= 4 is 21.7 Å². The molecule has 0 aliphatic heterocycles. The zero-order valence-electron chi connectivity index (χ0n) is 17.0. The summed E-state index contributed by atoms with van der Waals surface area (Å²) in [5.74, 6) is 0.644. The maximum atomic E-state index is 13.0. The molecule has 1 N–H and O–H groups in total. The molecule has 0 bridgehead atoms. The molecule has 0 fully saturated rings. The van der Waals surface area contributed by atoms with Crippen LogP contribution in [0.15, 0.2) is 83.3 Å². The minimum absolute atomic E-state index is 0.0545. The zero-order chi connectivity index (χ0) is 21.5. The second-order valence-electron chi connectivity index (χ2n) is 7.56. The standard InChI is InChI=1S/C25H23BrN4O/c26-23-15-13-20(14-16-23)19-9-11-21(12-10-19)24(31)17-22(25-27-29-30-28-25)8-4-7-18-5-2-1-3-6-18/h1-3,5-6,9-16,22H,4,7-8,17H2,(H,27,28,29,30). The lowest BCUT2D eigenvalue weighted by Crippen LogP contribution is -2.10. The van der Waals surface area contributed by atoms with Gasteiger partial charge in [-0.2, -0.15) is 5.21 Å². The van der Waals surface area contributed by atoms with E-state index in [9.17, 15) is 4.79 Å². The van der Waals surface area contributed by atoms with Crippen molar-refractivity contribution in [2.75, 3.05) is 0 Å². The molecule has 0 amide bonds. The average molecular weight is 475 g/mol. The summed E-state index contributed by atoms with van der Waals surface area (Å²) in [5.41, 5.74) is 4.20. The number of aromatic amines is 1. The third kappa shape index (κ3) is 5.73. The first-order valence-electron chi connectivity index (χ1n) is 10.4. The Morgan fingerprint density at radius 3 is 2.23 bits per heavy atom. The lowest BCUT2D eigenvalue weighted by Gasteiger charge is -2.13. The third-order valence-corrected chi connectivity index (χ3v) is 5.93. The van der Waals surface area contributed by atoms with Crippen LogP contribution < -0.4 is 0 Å². The Hall–Kier alpha value is -3.12. The highest BCUT2D eigenvalue weighted by Gasteiger charge is 2.21. The minimum atomic E-state index is -0.0545. The highest BCUT2D eigenvalue weighted by atomic mass is 79.9. The quantitative estimate of drug-likeness (QED) is 0.301. The number of tetrazole rings is 1. The number of nitrogens with zero attached hydrogens (tertiary/aromatic N) is 3. The summed E-state index contributed by atoms with van der Waals surface area (Å²) < 4.78 is 1.04. The van der Waals surface area contributed by atoms with Gasteiger partial charge < -0.3 is 0 Å². The van der Waals surface area contributed by atoms with E-state index in [0.717, 1.165) is 34.9 Å². The third-order valence-electron chi connectivity index (χ3n) is 5.40. The minimum Gasteiger partial charge on any atom is -0.294 e. The number of H-pyrrole nitrogens is 1. The molecule has 4 rings (SSSR count). The van der Waals surface area contributed by atoms with E-state index < -0.39 is 0 Å². The predicted molar refractivity (Wildman–Crippen MR) is 125 cm³/mol. The van der Waals surface area contributed by atoms with Gasteiger partial charge in [0.2, 0.25) is 0 Å². The number of nitrogens with one attached hydrogen (secondary N) is 1. The molecule has 156 valence electrons. The van der Waals surface area contributed by atoms with Crippen LogP contribution in [0.4, 0.5) is 0 Å². The molecule has 0 aliphatic carbocycles. The number of benzene rings is 3. The maximum absolute atomic E-state index is 13.0. The Morgan fingerprint density at radius 1 is 0.903 bits per heavy atom. The monoisotopic (exact) mass is 474 g/mol. The van der Waals surface area contributed by atoms with Gasteiger partial charge in [0, 0.05) is 22.4 Å². The van der Waals surface area contributed by atoms with Crippen LogP contribution in [-0.2, 0) is 6.42 Å². The van der Waals surface area contributed by atoms with Crippen molar-refractivity contribution in [2.24, 2.45) is 0 Å². The Morgan fingerprint density at radius 2 is 1.58 bits per heavy atom. The molecule has 1 heterocycles. The van der Waals surface area contributed by atoms with Crippen molar-refractivity contribution < 1.29 is 4.79 Å². The van der Waals surface area contributed by atoms with Gasteiger partial charge in [0.05, 0.1) is 0 Å². The number of carbonyl (C=O) groups is 1. The van der Waals surface area contributed by atoms with Crippen LogP contribution >= 0.6 is 15.9 Å². The Labute approximate surface area is 190 Å². The lowest BCUT2D eigenvalue weighted by molar-refractivity contribution is 0.0970. The number of hydrogen-bond donors (Lipinski definition) is 1. The Balaban J connectivity index is 1.41. The van der Waals surface area contributed by atoms with E-state index in [4.69, 9.17) is 0 Å². The maximum Gasteiger partial charge on any atom is 0.178 e. The van der Waals surface area contributed by atoms with Crippen molar-refractivity contribution in [3.63, 3.8) is 0 Å². The van der Waals surface area contributed by atoms with E-state index >= 15 is 0 Å². The molecule has 0 aliphatic rings. The molecule has 0 spiro atoms. The van der Waals surface area contributed by atoms with Crippen molar-refractivity contribution in [1.82, 2.24) is 20.6 Å². The summed E-state index contributed by atoms with van der Waals surface area (Å²) in [6.07, 6.45) is 3.12. The van der Waals surface area contributed by atoms with E-state index in [1.807, 2.05) is 54.6 Å². The average Bonchev–Trinajstić information content (AvgIpc) is 3.35. The molecule has 0 saturated heterocycles. The van der Waals surface area contributed by atoms with Crippen LogP contribution in [0.25, 0.3) is 11.1 Å². The number of Topliss-reactive ketones (excluding diaryl/α,β-unsaturated/α-hetero) is 1. The first-order chi connectivity index (χ1) is 15.2. The number of halogens is 1. The molecule has 4 aromatic rings. The number of ketones is 1. The summed E-state index contributed by atoms with van der Waals surface area (Å²) in [7, 11) is 0. The van der Waals surface area contributed by atoms with Crippen molar-refractivity contribution in [1.29, 1.82) is 0 Å². The smallest absolute Gasteiger partial charge is 0.178 e. The van der Waals surface area contributed by atoms with Crippen LogP contribution in [0.3, 0.4) is 0 Å². The normalized spacial score (nSPS) is 11.9. The van der Waals surface area contributed by atoms with Gasteiger partial charge in [0.1, 0.15) is 0 Å². The first kappa shape index (κ1) is 21.1. The molecular formula is C25H23BrN4O. The predicted octanol–water partition coefficient (Wildman–Crippen LogP) is 6.01. The fraction of sp³-hybridized carbons (Fsp3) is 0.200. The largest absolute Gasteiger partial charge is 0.294 e. The molecule has 6 heteroatoms. The summed E-state index contributed by atoms with van der Waals surface area (Å²) >= 11 is 3.46. The molecule has 3 aromatic carbocycles. The molecule has 1 aromatic heterocycles. The second kappa shape index (κ2) is 10.3. The molecule has 1 unspecified atom stereocenters. The number of aryl methyl sites for hydroxylation is 1. The second-order valence-corrected chi connectivity index (χ2v) is 8.47. The topological polar surface area (TPSA) is 71.5 Å². The highest BCUT2D eigenvalue weighted by molar-refractivity contribution is 9.10. The van der Waals surface area contributed by atoms with E-state index in [1.165, 1.54) is 5.56 Å². The van der Waals surface area contributed by atoms with Crippen LogP contribution in [0.2, 0.25) is 0 Å². The van der Waals surface area contributed by atoms with Crippen LogP contribution in [0.5, 0.6) is 0 Å². The molecule has 0 radical (unpaired) electrons. The van der Waals surface area contributed by atoms with Crippen LogP contribution in [0.1, 0.15) is 46.9 Å². The molecule has 5 nitrogen and oxygen atoms in total. The first-order valence-corrected chi connectivity index (χ1v) is 11.1. The highest BCUT2D eigenvalue weighted by Crippen LogP contribution is 2.26. The number of aromatic nitrogens is 4. The van der Waals surface area contributed by atoms with Gasteiger partial charge in [-0.1, -0.05) is 87.9 Å². The van der Waals surface area contributed by atoms with Gasteiger partial charge in [-0.3, -0.25) is 4.79 Å². The van der Waals surface area contributed by atoms with E-state index in [1.54, 1.807) is 0 Å². The SMILES string of the molecule is O=C(CC(CCCc1ccccc1)c1nn[nH]n1)c1ccc(-c2ccc(Br)cc2)cc1. The fourth-order valence-corrected chi connectivity index (χ4v) is 3.96. The molecule has 0 saturated carbocycles. The molecule has 31 heavy (non-hydrogen) atoms. The van der Waals surface area contributed by atoms with Gasteiger partial charge in [0.25, 0.3) is 0 Å². The zero-order valence-corrected chi connectivity index (χ0v) is 18.6. The number of carbonyl (C=O) groups excluding carboxylic acids is 1. The van der Waals surface area contributed by atoms with Gasteiger partial charge in [-0.25, -0.2) is 0 Å². The summed E-state index contributed by atoms with van der Waals surface area (Å²) in [4.78, 5) is 13.0. The van der Waals surface area contributed by atoms with Gasteiger partial charge in [0.15, 0.2) is 11.6 Å². The van der Waals surface area contributed by atoms with Crippen LogP contribution in [-0.4, -0.2) is 26.4 Å². The van der Waals surface area contributed by atoms with Gasteiger partial charge >= 0.3 is 0 Å². The van der Waals surface area contributed by atoms with Gasteiger partial charge in [-0.15, -0.1) is 10.2 Å². The Bertz CT molecular complexity index is 1090. The van der Waals surface area contributed by atoms with Crippen molar-refractivity contribution in [3.05, 3.63) is 100 Å². The van der Waals surface area contributed by atoms with E-state index in [2.05, 4.69) is 60.8 Å². The number of rotatable bonds is 9.